The number of fused-ring (bicyclic) bond motifs is 1. The molecule has 0 bridgehead atoms. The van der Waals surface area contributed by atoms with Crippen molar-refractivity contribution in [2.75, 3.05) is 12.4 Å². The van der Waals surface area contributed by atoms with Crippen LogP contribution in [-0.2, 0) is 0 Å². The molecule has 0 aliphatic carbocycles. The minimum atomic E-state index is -0.437. The van der Waals surface area contributed by atoms with Gasteiger partial charge in [0.15, 0.2) is 11.3 Å². The third kappa shape index (κ3) is 2.98. The molecule has 0 atom stereocenters. The predicted octanol–water partition coefficient (Wildman–Crippen LogP) is 4.13. The van der Waals surface area contributed by atoms with Crippen molar-refractivity contribution in [3.8, 4) is 5.75 Å². The summed E-state index contributed by atoms with van der Waals surface area (Å²) in [7, 11) is 1.52. The fraction of sp³-hybridized carbons (Fsp3) is 0.111. The average Bonchev–Trinajstić information content (AvgIpc) is 2.57. The van der Waals surface area contributed by atoms with Crippen LogP contribution in [0.1, 0.15) is 15.9 Å². The number of rotatable bonds is 3. The van der Waals surface area contributed by atoms with E-state index in [4.69, 9.17) is 26.2 Å². The van der Waals surface area contributed by atoms with Crippen LogP contribution in [0, 0.1) is 12.3 Å². The van der Waals surface area contributed by atoms with E-state index in [2.05, 4.69) is 5.32 Å². The van der Waals surface area contributed by atoms with Gasteiger partial charge in [-0.25, -0.2) is 0 Å². The smallest absolute Gasteiger partial charge is 0.261 e. The van der Waals surface area contributed by atoms with E-state index in [1.807, 2.05) is 13.0 Å². The molecule has 0 fully saturated rings. The van der Waals surface area contributed by atoms with Gasteiger partial charge in [0.1, 0.15) is 5.56 Å². The number of hydrogen-bond acceptors (Lipinski definition) is 4. The standard InChI is InChI=1S/C18H15ClN2O3/c1-10-6-7-12(9-14(10)19)21-18(22)13-8-11-4-3-5-15(23-2)16(11)24-17(13)20/h3-9,20H,1-2H3,(H,21,22). The van der Waals surface area contributed by atoms with Crippen LogP contribution in [0.5, 0.6) is 5.75 Å². The van der Waals surface area contributed by atoms with Crippen molar-refractivity contribution < 1.29 is 13.9 Å². The summed E-state index contributed by atoms with van der Waals surface area (Å²) in [5.41, 5.74) is 1.81. The zero-order valence-electron chi connectivity index (χ0n) is 13.1. The summed E-state index contributed by atoms with van der Waals surface area (Å²) in [5.74, 6) is 0.0756. The molecular weight excluding hydrogens is 328 g/mol. The highest BCUT2D eigenvalue weighted by atomic mass is 35.5. The van der Waals surface area contributed by atoms with Crippen LogP contribution in [0.3, 0.4) is 0 Å². The van der Waals surface area contributed by atoms with E-state index in [1.165, 1.54) is 7.11 Å². The Hall–Kier alpha value is -2.79. The monoisotopic (exact) mass is 342 g/mol. The van der Waals surface area contributed by atoms with E-state index >= 15 is 0 Å². The number of carbonyl (C=O) groups excluding carboxylic acids is 1. The Labute approximate surface area is 143 Å². The van der Waals surface area contributed by atoms with Gasteiger partial charge in [-0.3, -0.25) is 10.2 Å². The van der Waals surface area contributed by atoms with E-state index < -0.39 is 5.91 Å². The van der Waals surface area contributed by atoms with Crippen LogP contribution in [0.2, 0.25) is 5.02 Å². The average molecular weight is 343 g/mol. The predicted molar refractivity (Wildman–Crippen MR) is 92.8 cm³/mol. The molecule has 0 spiro atoms. The quantitative estimate of drug-likeness (QED) is 0.751. The molecule has 0 aliphatic rings. The second kappa shape index (κ2) is 6.37. The van der Waals surface area contributed by atoms with Gasteiger partial charge in [0.2, 0.25) is 5.55 Å². The highest BCUT2D eigenvalue weighted by molar-refractivity contribution is 6.31. The Balaban J connectivity index is 1.99. The number of ether oxygens (including phenoxy) is 1. The first kappa shape index (κ1) is 16.1. The lowest BCUT2D eigenvalue weighted by Gasteiger charge is -2.09. The maximum atomic E-state index is 12.5. The SMILES string of the molecule is COc1cccc2cc(C(=O)Nc3ccc(C)c(Cl)c3)c(=N)oc12. The van der Waals surface area contributed by atoms with Gasteiger partial charge in [0.05, 0.1) is 7.11 Å². The van der Waals surface area contributed by atoms with Crippen LogP contribution in [0.25, 0.3) is 11.0 Å². The number of aryl methyl sites for hydroxylation is 1. The highest BCUT2D eigenvalue weighted by Crippen LogP contribution is 2.25. The van der Waals surface area contributed by atoms with Crippen molar-refractivity contribution in [2.45, 2.75) is 6.92 Å². The Morgan fingerprint density at radius 3 is 2.75 bits per heavy atom. The van der Waals surface area contributed by atoms with Gasteiger partial charge in [-0.1, -0.05) is 29.8 Å². The summed E-state index contributed by atoms with van der Waals surface area (Å²) in [6.45, 7) is 1.88. The van der Waals surface area contributed by atoms with Gasteiger partial charge in [-0.2, -0.15) is 0 Å². The molecule has 0 unspecified atom stereocenters. The summed E-state index contributed by atoms with van der Waals surface area (Å²) < 4.78 is 10.7. The highest BCUT2D eigenvalue weighted by Gasteiger charge is 2.14. The summed E-state index contributed by atoms with van der Waals surface area (Å²) in [6.07, 6.45) is 0. The fourth-order valence-electron chi connectivity index (χ4n) is 2.33. The van der Waals surface area contributed by atoms with Crippen LogP contribution in [0.4, 0.5) is 5.69 Å². The fourth-order valence-corrected chi connectivity index (χ4v) is 2.51. The lowest BCUT2D eigenvalue weighted by atomic mass is 10.1. The van der Waals surface area contributed by atoms with Crippen LogP contribution in [-0.4, -0.2) is 13.0 Å². The third-order valence-corrected chi connectivity index (χ3v) is 4.06. The van der Waals surface area contributed by atoms with Gasteiger partial charge in [-0.05, 0) is 36.8 Å². The van der Waals surface area contributed by atoms with Crippen molar-refractivity contribution in [2.24, 2.45) is 0 Å². The molecule has 0 saturated heterocycles. The third-order valence-electron chi connectivity index (χ3n) is 3.65. The molecule has 5 nitrogen and oxygen atoms in total. The van der Waals surface area contributed by atoms with Crippen molar-refractivity contribution >= 4 is 34.2 Å². The lowest BCUT2D eigenvalue weighted by Crippen LogP contribution is -2.20. The Bertz CT molecular complexity index is 995. The number of benzene rings is 2. The number of carbonyl (C=O) groups is 1. The van der Waals surface area contributed by atoms with Gasteiger partial charge in [0.25, 0.3) is 5.91 Å². The van der Waals surface area contributed by atoms with Gasteiger partial charge in [-0.15, -0.1) is 0 Å². The van der Waals surface area contributed by atoms with Crippen molar-refractivity contribution in [1.29, 1.82) is 5.41 Å². The Morgan fingerprint density at radius 1 is 1.25 bits per heavy atom. The molecular formula is C18H15ClN2O3. The van der Waals surface area contributed by atoms with Crippen molar-refractivity contribution in [1.82, 2.24) is 0 Å². The summed E-state index contributed by atoms with van der Waals surface area (Å²) in [5, 5.41) is 12.0. The molecule has 3 aromatic rings. The molecule has 3 rings (SSSR count). The summed E-state index contributed by atoms with van der Waals surface area (Å²) in [4.78, 5) is 12.5. The van der Waals surface area contributed by atoms with Crippen molar-refractivity contribution in [3.05, 3.63) is 64.2 Å². The van der Waals surface area contributed by atoms with Gasteiger partial charge < -0.3 is 14.5 Å². The molecule has 24 heavy (non-hydrogen) atoms. The zero-order chi connectivity index (χ0) is 17.3. The van der Waals surface area contributed by atoms with E-state index in [0.29, 0.717) is 27.4 Å². The molecule has 1 aromatic heterocycles. The number of anilines is 1. The molecule has 1 heterocycles. The molecule has 6 heteroatoms. The second-order valence-corrected chi connectivity index (χ2v) is 5.69. The summed E-state index contributed by atoms with van der Waals surface area (Å²) in [6, 6.07) is 12.2. The van der Waals surface area contributed by atoms with Gasteiger partial charge in [0, 0.05) is 16.1 Å². The van der Waals surface area contributed by atoms with E-state index in [0.717, 1.165) is 5.56 Å². The lowest BCUT2D eigenvalue weighted by molar-refractivity contribution is 0.102. The zero-order valence-corrected chi connectivity index (χ0v) is 13.9. The normalized spacial score (nSPS) is 10.6. The molecule has 0 radical (unpaired) electrons. The molecule has 1 amide bonds. The second-order valence-electron chi connectivity index (χ2n) is 5.29. The molecule has 2 N–H and O–H groups in total. The topological polar surface area (TPSA) is 75.3 Å². The summed E-state index contributed by atoms with van der Waals surface area (Å²) >= 11 is 6.07. The number of hydrogen-bond donors (Lipinski definition) is 2. The Morgan fingerprint density at radius 2 is 2.04 bits per heavy atom. The maximum Gasteiger partial charge on any atom is 0.261 e. The first-order chi connectivity index (χ1) is 11.5. The molecule has 2 aromatic carbocycles. The maximum absolute atomic E-state index is 12.5. The van der Waals surface area contributed by atoms with Crippen LogP contribution in [0.15, 0.2) is 46.9 Å². The number of para-hydroxylation sites is 1. The van der Waals surface area contributed by atoms with E-state index in [1.54, 1.807) is 36.4 Å². The van der Waals surface area contributed by atoms with Crippen LogP contribution >= 0.6 is 11.6 Å². The number of nitrogens with one attached hydrogen (secondary N) is 2. The number of halogens is 1. The first-order valence-corrected chi connectivity index (χ1v) is 7.60. The molecule has 122 valence electrons. The Kier molecular flexibility index (Phi) is 4.27. The molecule has 0 saturated carbocycles. The van der Waals surface area contributed by atoms with Crippen LogP contribution < -0.4 is 15.6 Å². The van der Waals surface area contributed by atoms with E-state index in [-0.39, 0.29) is 11.1 Å². The molecule has 0 aliphatic heterocycles. The van der Waals surface area contributed by atoms with Gasteiger partial charge >= 0.3 is 0 Å². The van der Waals surface area contributed by atoms with Crippen molar-refractivity contribution in [3.63, 3.8) is 0 Å². The minimum absolute atomic E-state index is 0.132. The number of methoxy groups -OCH3 is 1. The minimum Gasteiger partial charge on any atom is -0.493 e. The first-order valence-electron chi connectivity index (χ1n) is 7.22. The number of amides is 1. The largest absolute Gasteiger partial charge is 0.493 e. The van der Waals surface area contributed by atoms with E-state index in [9.17, 15) is 4.79 Å².